The lowest BCUT2D eigenvalue weighted by Crippen LogP contribution is -2.53. The Labute approximate surface area is 198 Å². The molecule has 0 spiro atoms. The van der Waals surface area contributed by atoms with Crippen LogP contribution in [0.4, 0.5) is 4.79 Å². The summed E-state index contributed by atoms with van der Waals surface area (Å²) in [7, 11) is 0. The number of amides is 2. The van der Waals surface area contributed by atoms with Crippen molar-refractivity contribution >= 4 is 18.0 Å². The van der Waals surface area contributed by atoms with E-state index in [9.17, 15) is 14.4 Å². The van der Waals surface area contributed by atoms with E-state index >= 15 is 0 Å². The van der Waals surface area contributed by atoms with Crippen molar-refractivity contribution in [2.75, 3.05) is 19.8 Å². The van der Waals surface area contributed by atoms with E-state index in [1.165, 1.54) is 0 Å². The van der Waals surface area contributed by atoms with Crippen molar-refractivity contribution in [2.24, 2.45) is 5.92 Å². The molecule has 8 nitrogen and oxygen atoms in total. The van der Waals surface area contributed by atoms with Gasteiger partial charge >= 0.3 is 12.1 Å². The second-order valence-electron chi connectivity index (χ2n) is 8.91. The number of rotatable bonds is 8. The van der Waals surface area contributed by atoms with Crippen LogP contribution >= 0.6 is 0 Å². The third-order valence-corrected chi connectivity index (χ3v) is 6.57. The number of hydrogen-bond donors (Lipinski definition) is 3. The standard InChI is InChI=1S/C26H30N2O6/c1-16-14-33-13-12-22(16)27-25(31)23(10-11-24(29)30)28-26(32)34-15-21-19-8-4-2-6-17(19)18-7-3-5-9-20(18)21/h2-9,16,21-23H,10-15H2,1H3,(H,27,31)(H,28,32)(H,29,30). The molecule has 1 aliphatic carbocycles. The summed E-state index contributed by atoms with van der Waals surface area (Å²) in [6.07, 6.45) is -0.343. The van der Waals surface area contributed by atoms with Crippen LogP contribution in [0.15, 0.2) is 48.5 Å². The normalized spacial score (nSPS) is 20.0. The number of carboxylic acid groups (broad SMARTS) is 1. The zero-order chi connectivity index (χ0) is 24.1. The van der Waals surface area contributed by atoms with Crippen LogP contribution in [0.3, 0.4) is 0 Å². The third-order valence-electron chi connectivity index (χ3n) is 6.57. The van der Waals surface area contributed by atoms with Crippen molar-refractivity contribution in [3.8, 4) is 11.1 Å². The molecule has 3 unspecified atom stereocenters. The summed E-state index contributed by atoms with van der Waals surface area (Å²) in [6, 6.07) is 15.0. The molecule has 1 aliphatic heterocycles. The van der Waals surface area contributed by atoms with E-state index in [1.54, 1.807) is 0 Å². The lowest BCUT2D eigenvalue weighted by Gasteiger charge is -2.31. The predicted molar refractivity (Wildman–Crippen MR) is 125 cm³/mol. The first kappa shape index (κ1) is 23.8. The zero-order valence-corrected chi connectivity index (χ0v) is 19.2. The van der Waals surface area contributed by atoms with Gasteiger partial charge in [-0.3, -0.25) is 9.59 Å². The topological polar surface area (TPSA) is 114 Å². The molecule has 3 atom stereocenters. The van der Waals surface area contributed by atoms with E-state index in [4.69, 9.17) is 14.6 Å². The largest absolute Gasteiger partial charge is 0.481 e. The zero-order valence-electron chi connectivity index (χ0n) is 19.2. The van der Waals surface area contributed by atoms with Gasteiger partial charge in [-0.05, 0) is 41.0 Å². The van der Waals surface area contributed by atoms with Gasteiger partial charge in [0.15, 0.2) is 0 Å². The van der Waals surface area contributed by atoms with Crippen molar-refractivity contribution in [3.63, 3.8) is 0 Å². The fourth-order valence-corrected chi connectivity index (χ4v) is 4.70. The second-order valence-corrected chi connectivity index (χ2v) is 8.91. The van der Waals surface area contributed by atoms with Gasteiger partial charge < -0.3 is 25.2 Å². The van der Waals surface area contributed by atoms with Gasteiger partial charge in [-0.25, -0.2) is 4.79 Å². The van der Waals surface area contributed by atoms with Crippen molar-refractivity contribution in [3.05, 3.63) is 59.7 Å². The van der Waals surface area contributed by atoms with Crippen molar-refractivity contribution in [2.45, 2.75) is 44.2 Å². The molecule has 0 aromatic heterocycles. The van der Waals surface area contributed by atoms with Gasteiger partial charge in [0.05, 0.1) is 6.61 Å². The Bertz CT molecular complexity index is 1010. The maximum absolute atomic E-state index is 12.9. The lowest BCUT2D eigenvalue weighted by molar-refractivity contribution is -0.137. The highest BCUT2D eigenvalue weighted by Crippen LogP contribution is 2.44. The molecular formula is C26H30N2O6. The SMILES string of the molecule is CC1COCCC1NC(=O)C(CCC(=O)O)NC(=O)OCC1c2ccccc2-c2ccccc21. The summed E-state index contributed by atoms with van der Waals surface area (Å²) in [6.45, 7) is 3.19. The van der Waals surface area contributed by atoms with E-state index in [1.807, 2.05) is 43.3 Å². The number of benzene rings is 2. The third kappa shape index (κ3) is 5.39. The first-order valence-electron chi connectivity index (χ1n) is 11.7. The fraction of sp³-hybridized carbons (Fsp3) is 0.423. The minimum Gasteiger partial charge on any atom is -0.481 e. The number of alkyl carbamates (subject to hydrolysis) is 1. The van der Waals surface area contributed by atoms with Gasteiger partial charge in [-0.1, -0.05) is 55.5 Å². The van der Waals surface area contributed by atoms with E-state index in [0.29, 0.717) is 19.6 Å². The molecule has 1 saturated heterocycles. The number of aliphatic carboxylic acids is 1. The molecule has 1 fully saturated rings. The van der Waals surface area contributed by atoms with Crippen molar-refractivity contribution in [1.29, 1.82) is 0 Å². The molecule has 2 aromatic carbocycles. The summed E-state index contributed by atoms with van der Waals surface area (Å²) in [4.78, 5) is 36.6. The van der Waals surface area contributed by atoms with Crippen LogP contribution in [0.1, 0.15) is 43.2 Å². The van der Waals surface area contributed by atoms with Crippen LogP contribution in [0, 0.1) is 5.92 Å². The lowest BCUT2D eigenvalue weighted by atomic mass is 9.97. The quantitative estimate of drug-likeness (QED) is 0.550. The maximum atomic E-state index is 12.9. The number of carbonyl (C=O) groups is 3. The summed E-state index contributed by atoms with van der Waals surface area (Å²) in [5.74, 6) is -1.42. The Morgan fingerprint density at radius 2 is 1.74 bits per heavy atom. The van der Waals surface area contributed by atoms with E-state index in [2.05, 4.69) is 22.8 Å². The first-order chi connectivity index (χ1) is 16.4. The molecular weight excluding hydrogens is 436 g/mol. The summed E-state index contributed by atoms with van der Waals surface area (Å²) < 4.78 is 11.0. The second kappa shape index (κ2) is 10.7. The maximum Gasteiger partial charge on any atom is 0.407 e. The van der Waals surface area contributed by atoms with Gasteiger partial charge in [0.1, 0.15) is 12.6 Å². The first-order valence-corrected chi connectivity index (χ1v) is 11.7. The van der Waals surface area contributed by atoms with Crippen LogP contribution in [-0.4, -0.2) is 55.0 Å². The molecule has 2 amide bonds. The highest BCUT2D eigenvalue weighted by atomic mass is 16.5. The molecule has 0 bridgehead atoms. The minimum absolute atomic E-state index is 0.0248. The Hall–Kier alpha value is -3.39. The van der Waals surface area contributed by atoms with Crippen LogP contribution < -0.4 is 10.6 Å². The summed E-state index contributed by atoms with van der Waals surface area (Å²) in [5.41, 5.74) is 4.42. The van der Waals surface area contributed by atoms with Gasteiger partial charge in [-0.2, -0.15) is 0 Å². The molecule has 2 aliphatic rings. The molecule has 1 heterocycles. The van der Waals surface area contributed by atoms with E-state index < -0.39 is 24.0 Å². The monoisotopic (exact) mass is 466 g/mol. The number of fused-ring (bicyclic) bond motifs is 3. The number of hydrogen-bond acceptors (Lipinski definition) is 5. The Balaban J connectivity index is 1.40. The number of ether oxygens (including phenoxy) is 2. The minimum atomic E-state index is -1.04. The van der Waals surface area contributed by atoms with Gasteiger partial charge in [0, 0.05) is 25.0 Å². The highest BCUT2D eigenvalue weighted by Gasteiger charge is 2.31. The predicted octanol–water partition coefficient (Wildman–Crippen LogP) is 3.30. The highest BCUT2D eigenvalue weighted by molar-refractivity contribution is 5.86. The van der Waals surface area contributed by atoms with Gasteiger partial charge in [0.2, 0.25) is 5.91 Å². The smallest absolute Gasteiger partial charge is 0.407 e. The Kier molecular flexibility index (Phi) is 7.47. The van der Waals surface area contributed by atoms with Crippen LogP contribution in [0.25, 0.3) is 11.1 Å². The number of carboxylic acids is 1. The van der Waals surface area contributed by atoms with Crippen molar-refractivity contribution in [1.82, 2.24) is 10.6 Å². The molecule has 34 heavy (non-hydrogen) atoms. The van der Waals surface area contributed by atoms with Crippen LogP contribution in [-0.2, 0) is 19.1 Å². The van der Waals surface area contributed by atoms with Crippen LogP contribution in [0.5, 0.6) is 0 Å². The fourth-order valence-electron chi connectivity index (χ4n) is 4.70. The van der Waals surface area contributed by atoms with E-state index in [-0.39, 0.29) is 37.3 Å². The molecule has 2 aromatic rings. The Morgan fingerprint density at radius 1 is 1.09 bits per heavy atom. The number of carbonyl (C=O) groups excluding carboxylic acids is 2. The Morgan fingerprint density at radius 3 is 2.35 bits per heavy atom. The average molecular weight is 467 g/mol. The number of nitrogens with one attached hydrogen (secondary N) is 2. The van der Waals surface area contributed by atoms with E-state index in [0.717, 1.165) is 22.3 Å². The van der Waals surface area contributed by atoms with Crippen molar-refractivity contribution < 1.29 is 29.0 Å². The summed E-state index contributed by atoms with van der Waals surface area (Å²) >= 11 is 0. The van der Waals surface area contributed by atoms with Gasteiger partial charge in [-0.15, -0.1) is 0 Å². The molecule has 180 valence electrons. The molecule has 0 radical (unpaired) electrons. The van der Waals surface area contributed by atoms with Gasteiger partial charge in [0.25, 0.3) is 0 Å². The molecule has 0 saturated carbocycles. The molecule has 4 rings (SSSR count). The average Bonchev–Trinajstić information content (AvgIpc) is 3.15. The summed E-state index contributed by atoms with van der Waals surface area (Å²) in [5, 5.41) is 14.6. The van der Waals surface area contributed by atoms with Crippen LogP contribution in [0.2, 0.25) is 0 Å². The molecule has 3 N–H and O–H groups in total. The molecule has 8 heteroatoms.